The number of imidazole rings is 1. The fourth-order valence-electron chi connectivity index (χ4n) is 9.76. The molecule has 0 radical (unpaired) electrons. The third kappa shape index (κ3) is 7.47. The first-order valence-electron chi connectivity index (χ1n) is 21.3. The number of piperidine rings is 1. The summed E-state index contributed by atoms with van der Waals surface area (Å²) < 4.78 is 34.7. The van der Waals surface area contributed by atoms with Crippen LogP contribution in [-0.4, -0.2) is 113 Å². The van der Waals surface area contributed by atoms with Crippen LogP contribution in [0.15, 0.2) is 47.7 Å². The maximum absolute atomic E-state index is 14.3. The number of imide groups is 1. The number of carbonyl (C=O) groups excluding carboxylic acids is 3. The molecule has 2 aliphatic carbocycles. The van der Waals surface area contributed by atoms with Crippen molar-refractivity contribution >= 4 is 45.9 Å². The standard InChI is InChI=1S/C43H48F2N12O4/c1-51-37-28(4-2-6-32(37)57(42(51)61)33-11-12-35(58)49-41(33)60)5-3-16-52-18-20-53(21-19-52)23-27-7-9-29(10-8-27)56-24-31(36(50-56)38(44)45)47-40(59)30-22-46-55-17-13-34(48-39(30)55)54-25-43(26-54)14-15-43/h2,4,6,13,17,22,24,27,29,33,38H,7-12,14-16,18-21,23,25-26H2,1H3,(H,47,59)(H,49,58,60)/t27-,29-,33?. The van der Waals surface area contributed by atoms with E-state index in [-0.39, 0.29) is 41.7 Å². The van der Waals surface area contributed by atoms with E-state index in [2.05, 4.69) is 47.4 Å². The van der Waals surface area contributed by atoms with E-state index in [4.69, 9.17) is 4.98 Å². The summed E-state index contributed by atoms with van der Waals surface area (Å²) in [4.78, 5) is 62.8. The molecule has 318 valence electrons. The predicted octanol–water partition coefficient (Wildman–Crippen LogP) is 3.75. The number of aromatic nitrogens is 7. The van der Waals surface area contributed by atoms with E-state index in [1.54, 1.807) is 24.1 Å². The Morgan fingerprint density at radius 1 is 1.02 bits per heavy atom. The van der Waals surface area contributed by atoms with Crippen molar-refractivity contribution in [2.75, 3.05) is 62.6 Å². The Balaban J connectivity index is 0.715. The van der Waals surface area contributed by atoms with Gasteiger partial charge in [0.15, 0.2) is 11.3 Å². The lowest BCUT2D eigenvalue weighted by Gasteiger charge is -2.40. The van der Waals surface area contributed by atoms with E-state index in [1.807, 2.05) is 24.3 Å². The summed E-state index contributed by atoms with van der Waals surface area (Å²) in [6.45, 7) is 7.07. The monoisotopic (exact) mass is 834 g/mol. The number of hydrogen-bond donors (Lipinski definition) is 2. The van der Waals surface area contributed by atoms with E-state index in [0.717, 1.165) is 77.3 Å². The highest BCUT2D eigenvalue weighted by atomic mass is 19.3. The quantitative estimate of drug-likeness (QED) is 0.166. The molecule has 61 heavy (non-hydrogen) atoms. The molecule has 0 bridgehead atoms. The van der Waals surface area contributed by atoms with Crippen LogP contribution in [0.25, 0.3) is 16.7 Å². The van der Waals surface area contributed by atoms with Crippen LogP contribution < -0.4 is 21.2 Å². The lowest BCUT2D eigenvalue weighted by molar-refractivity contribution is -0.135. The van der Waals surface area contributed by atoms with Crippen molar-refractivity contribution < 1.29 is 23.2 Å². The molecule has 5 fully saturated rings. The highest BCUT2D eigenvalue weighted by Crippen LogP contribution is 2.53. The molecule has 1 atom stereocenters. The number of alkyl halides is 2. The van der Waals surface area contributed by atoms with Crippen LogP contribution in [0.5, 0.6) is 0 Å². The van der Waals surface area contributed by atoms with Crippen LogP contribution in [0.2, 0.25) is 0 Å². The number of anilines is 2. The Labute approximate surface area is 349 Å². The van der Waals surface area contributed by atoms with Gasteiger partial charge in [0.05, 0.1) is 41.1 Å². The first kappa shape index (κ1) is 39.2. The number of carbonyl (C=O) groups is 3. The van der Waals surface area contributed by atoms with E-state index in [9.17, 15) is 28.0 Å². The summed E-state index contributed by atoms with van der Waals surface area (Å²) in [5.74, 6) is 6.50. The predicted molar refractivity (Wildman–Crippen MR) is 221 cm³/mol. The Hall–Kier alpha value is -5.93. The van der Waals surface area contributed by atoms with Crippen LogP contribution in [0.3, 0.4) is 0 Å². The summed E-state index contributed by atoms with van der Waals surface area (Å²) >= 11 is 0. The van der Waals surface area contributed by atoms with Crippen molar-refractivity contribution in [3.63, 3.8) is 0 Å². The van der Waals surface area contributed by atoms with Crippen molar-refractivity contribution in [2.24, 2.45) is 18.4 Å². The van der Waals surface area contributed by atoms with Gasteiger partial charge in [-0.2, -0.15) is 10.2 Å². The minimum Gasteiger partial charge on any atom is -0.355 e. The first-order valence-corrected chi connectivity index (χ1v) is 21.3. The molecule has 3 amide bonds. The smallest absolute Gasteiger partial charge is 0.329 e. The summed E-state index contributed by atoms with van der Waals surface area (Å²) in [6.07, 6.45) is 8.36. The van der Waals surface area contributed by atoms with Gasteiger partial charge in [0, 0.05) is 77.1 Å². The molecular weight excluding hydrogens is 787 g/mol. The molecule has 3 saturated heterocycles. The molecule has 16 nitrogen and oxygen atoms in total. The maximum atomic E-state index is 14.3. The van der Waals surface area contributed by atoms with Gasteiger partial charge in [-0.05, 0) is 69.1 Å². The number of piperazine rings is 1. The largest absolute Gasteiger partial charge is 0.355 e. The zero-order valence-electron chi connectivity index (χ0n) is 34.0. The number of halogens is 2. The van der Waals surface area contributed by atoms with Gasteiger partial charge in [-0.15, -0.1) is 0 Å². The fraction of sp³-hybridized carbons (Fsp3) is 0.512. The minimum absolute atomic E-state index is 0.00477. The van der Waals surface area contributed by atoms with Crippen molar-refractivity contribution in [3.8, 4) is 11.8 Å². The third-order valence-electron chi connectivity index (χ3n) is 13.5. The van der Waals surface area contributed by atoms with Crippen LogP contribution in [0, 0.1) is 23.2 Å². The maximum Gasteiger partial charge on any atom is 0.329 e. The van der Waals surface area contributed by atoms with Crippen molar-refractivity contribution in [1.29, 1.82) is 0 Å². The van der Waals surface area contributed by atoms with Crippen molar-refractivity contribution in [2.45, 2.75) is 69.9 Å². The molecule has 10 rings (SSSR count). The SMILES string of the molecule is Cn1c(=O)n(C2CCC(=O)NC2=O)c2cccc(C#CCN3CCN(C[C@H]4CC[C@H](n5cc(NC(=O)c6cnn7ccc(N8CC9(CC9)C8)nc67)c(C(F)F)n5)CC4)CC3)c21. The second-order valence-corrected chi connectivity index (χ2v) is 17.5. The van der Waals surface area contributed by atoms with E-state index in [1.165, 1.54) is 32.7 Å². The van der Waals surface area contributed by atoms with Gasteiger partial charge in [-0.3, -0.25) is 38.4 Å². The van der Waals surface area contributed by atoms with E-state index < -0.39 is 30.0 Å². The van der Waals surface area contributed by atoms with Gasteiger partial charge in [0.1, 0.15) is 17.4 Å². The third-order valence-corrected chi connectivity index (χ3v) is 13.5. The molecule has 7 heterocycles. The highest BCUT2D eigenvalue weighted by molar-refractivity contribution is 6.08. The van der Waals surface area contributed by atoms with Crippen molar-refractivity contribution in [1.82, 2.24) is 48.6 Å². The average Bonchev–Trinajstić information content (AvgIpc) is 3.65. The Morgan fingerprint density at radius 2 is 1.79 bits per heavy atom. The molecule has 4 aromatic heterocycles. The van der Waals surface area contributed by atoms with Gasteiger partial charge in [-0.1, -0.05) is 17.9 Å². The summed E-state index contributed by atoms with van der Waals surface area (Å²) in [6, 6.07) is 6.62. The summed E-state index contributed by atoms with van der Waals surface area (Å²) in [5.41, 5.74) is 2.28. The molecule has 3 aliphatic heterocycles. The Bertz CT molecular complexity index is 2660. The Morgan fingerprint density at radius 3 is 2.52 bits per heavy atom. The number of fused-ring (bicyclic) bond motifs is 2. The number of amides is 3. The van der Waals surface area contributed by atoms with Gasteiger partial charge in [0.2, 0.25) is 11.8 Å². The van der Waals surface area contributed by atoms with Crippen LogP contribution in [-0.2, 0) is 16.6 Å². The lowest BCUT2D eigenvalue weighted by atomic mass is 9.85. The van der Waals surface area contributed by atoms with Gasteiger partial charge in [-0.25, -0.2) is 23.1 Å². The number of nitrogens with zero attached hydrogens (tertiary/aromatic N) is 10. The van der Waals surface area contributed by atoms with E-state index >= 15 is 0 Å². The van der Waals surface area contributed by atoms with Gasteiger partial charge >= 0.3 is 5.69 Å². The number of hydrogen-bond acceptors (Lipinski definition) is 10. The summed E-state index contributed by atoms with van der Waals surface area (Å²) in [5, 5.41) is 13.6. The number of para-hydroxylation sites is 1. The zero-order valence-corrected chi connectivity index (χ0v) is 34.0. The molecule has 1 aromatic carbocycles. The molecule has 1 unspecified atom stereocenters. The van der Waals surface area contributed by atoms with Crippen LogP contribution in [0.4, 0.5) is 20.3 Å². The second-order valence-electron chi connectivity index (χ2n) is 17.5. The number of benzene rings is 1. The first-order chi connectivity index (χ1) is 29.5. The van der Waals surface area contributed by atoms with Gasteiger partial charge in [0.25, 0.3) is 12.3 Å². The fourth-order valence-corrected chi connectivity index (χ4v) is 9.76. The molecule has 2 saturated carbocycles. The average molecular weight is 835 g/mol. The molecule has 5 aliphatic rings. The topological polar surface area (TPSA) is 160 Å². The van der Waals surface area contributed by atoms with Crippen molar-refractivity contribution in [3.05, 3.63) is 70.2 Å². The summed E-state index contributed by atoms with van der Waals surface area (Å²) in [7, 11) is 1.68. The number of rotatable bonds is 9. The highest BCUT2D eigenvalue weighted by Gasteiger charge is 2.52. The van der Waals surface area contributed by atoms with E-state index in [0.29, 0.717) is 40.1 Å². The minimum atomic E-state index is -2.85. The molecule has 5 aromatic rings. The second kappa shape index (κ2) is 15.5. The molecular formula is C43H48F2N12O4. The molecule has 18 heteroatoms. The lowest BCUT2D eigenvalue weighted by Crippen LogP contribution is -2.48. The molecule has 1 spiro atoms. The van der Waals surface area contributed by atoms with Crippen LogP contribution >= 0.6 is 0 Å². The molecule has 2 N–H and O–H groups in total. The Kier molecular flexibility index (Phi) is 9.98. The number of nitrogens with one attached hydrogen (secondary N) is 2. The van der Waals surface area contributed by atoms with Gasteiger partial charge < -0.3 is 15.1 Å². The van der Waals surface area contributed by atoms with Crippen LogP contribution in [0.1, 0.15) is 91.5 Å². The number of aryl methyl sites for hydroxylation is 1. The zero-order chi connectivity index (χ0) is 42.0. The normalized spacial score (nSPS) is 23.0.